The highest BCUT2D eigenvalue weighted by Crippen LogP contribution is 2.40. The quantitative estimate of drug-likeness (QED) is 0.900. The number of halogens is 1. The summed E-state index contributed by atoms with van der Waals surface area (Å²) in [5.74, 6) is 0.0222. The molecule has 4 nitrogen and oxygen atoms in total. The number of nitrogens with zero attached hydrogens (tertiary/aromatic N) is 1. The van der Waals surface area contributed by atoms with Crippen molar-refractivity contribution in [3.05, 3.63) is 34.9 Å². The van der Waals surface area contributed by atoms with Crippen LogP contribution in [-0.2, 0) is 16.0 Å². The second kappa shape index (κ2) is 5.52. The first-order chi connectivity index (χ1) is 11.0. The van der Waals surface area contributed by atoms with E-state index in [-0.39, 0.29) is 23.3 Å². The zero-order valence-corrected chi connectivity index (χ0v) is 13.8. The Morgan fingerprint density at radius 2 is 1.96 bits per heavy atom. The fraction of sp³-hybridized carbons (Fsp3) is 0.556. The highest BCUT2D eigenvalue weighted by molar-refractivity contribution is 6.30. The SMILES string of the molecule is O=C(NC1(Cc2ccc(Cl)cc2)CC1)C1CC(=O)N(C2CC2)C1. The van der Waals surface area contributed by atoms with Crippen molar-refractivity contribution in [1.82, 2.24) is 10.2 Å². The number of amides is 2. The molecule has 122 valence electrons. The lowest BCUT2D eigenvalue weighted by Crippen LogP contribution is -2.42. The Morgan fingerprint density at radius 1 is 1.26 bits per heavy atom. The van der Waals surface area contributed by atoms with Crippen LogP contribution in [0.5, 0.6) is 0 Å². The molecule has 1 N–H and O–H groups in total. The lowest BCUT2D eigenvalue weighted by atomic mass is 10.0. The monoisotopic (exact) mass is 332 g/mol. The Labute approximate surface area is 141 Å². The van der Waals surface area contributed by atoms with Gasteiger partial charge in [-0.05, 0) is 49.8 Å². The summed E-state index contributed by atoms with van der Waals surface area (Å²) >= 11 is 5.92. The molecule has 2 aliphatic carbocycles. The highest BCUT2D eigenvalue weighted by atomic mass is 35.5. The van der Waals surface area contributed by atoms with Gasteiger partial charge in [-0.3, -0.25) is 9.59 Å². The maximum absolute atomic E-state index is 12.6. The summed E-state index contributed by atoms with van der Waals surface area (Å²) in [6.45, 7) is 0.604. The van der Waals surface area contributed by atoms with Gasteiger partial charge in [0.15, 0.2) is 0 Å². The van der Waals surface area contributed by atoms with Crippen molar-refractivity contribution in [3.8, 4) is 0 Å². The van der Waals surface area contributed by atoms with Crippen LogP contribution in [0, 0.1) is 5.92 Å². The number of carbonyl (C=O) groups excluding carboxylic acids is 2. The van der Waals surface area contributed by atoms with Crippen LogP contribution in [0.25, 0.3) is 0 Å². The molecule has 5 heteroatoms. The lowest BCUT2D eigenvalue weighted by molar-refractivity contribution is -0.129. The van der Waals surface area contributed by atoms with Gasteiger partial charge in [0, 0.05) is 29.6 Å². The van der Waals surface area contributed by atoms with Crippen molar-refractivity contribution >= 4 is 23.4 Å². The molecular formula is C18H21ClN2O2. The highest BCUT2D eigenvalue weighted by Gasteiger charge is 2.47. The first-order valence-corrected chi connectivity index (χ1v) is 8.78. The normalized spacial score (nSPS) is 25.5. The third-order valence-electron chi connectivity index (χ3n) is 5.21. The molecule has 23 heavy (non-hydrogen) atoms. The number of hydrogen-bond donors (Lipinski definition) is 1. The number of hydrogen-bond acceptors (Lipinski definition) is 2. The number of rotatable bonds is 5. The number of likely N-dealkylation sites (tertiary alicyclic amines) is 1. The van der Waals surface area contributed by atoms with Crippen molar-refractivity contribution in [1.29, 1.82) is 0 Å². The van der Waals surface area contributed by atoms with E-state index in [0.29, 0.717) is 19.0 Å². The van der Waals surface area contributed by atoms with Crippen LogP contribution in [-0.4, -0.2) is 34.8 Å². The van der Waals surface area contributed by atoms with Crippen molar-refractivity contribution < 1.29 is 9.59 Å². The first kappa shape index (κ1) is 15.0. The number of benzene rings is 1. The second-order valence-electron chi connectivity index (χ2n) is 7.25. The third-order valence-corrected chi connectivity index (χ3v) is 5.47. The molecule has 0 bridgehead atoms. The summed E-state index contributed by atoms with van der Waals surface area (Å²) in [6, 6.07) is 8.21. The van der Waals surface area contributed by atoms with Crippen molar-refractivity contribution in [2.45, 2.75) is 50.1 Å². The molecule has 1 atom stereocenters. The predicted molar refractivity (Wildman–Crippen MR) is 88.1 cm³/mol. The fourth-order valence-corrected chi connectivity index (χ4v) is 3.63. The van der Waals surface area contributed by atoms with Gasteiger partial charge in [-0.2, -0.15) is 0 Å². The Kier molecular flexibility index (Phi) is 3.60. The fourth-order valence-electron chi connectivity index (χ4n) is 3.50. The van der Waals surface area contributed by atoms with E-state index in [1.807, 2.05) is 29.2 Å². The molecule has 0 aromatic heterocycles. The topological polar surface area (TPSA) is 49.4 Å². The molecular weight excluding hydrogens is 312 g/mol. The second-order valence-corrected chi connectivity index (χ2v) is 7.69. The van der Waals surface area contributed by atoms with Crippen LogP contribution >= 0.6 is 11.6 Å². The summed E-state index contributed by atoms with van der Waals surface area (Å²) in [5, 5.41) is 3.95. The van der Waals surface area contributed by atoms with Gasteiger partial charge in [0.05, 0.1) is 5.92 Å². The van der Waals surface area contributed by atoms with E-state index in [4.69, 9.17) is 11.6 Å². The van der Waals surface area contributed by atoms with E-state index in [9.17, 15) is 9.59 Å². The van der Waals surface area contributed by atoms with Crippen LogP contribution in [0.1, 0.15) is 37.7 Å². The summed E-state index contributed by atoms with van der Waals surface area (Å²) in [7, 11) is 0. The van der Waals surface area contributed by atoms with E-state index in [0.717, 1.165) is 37.1 Å². The molecule has 0 spiro atoms. The smallest absolute Gasteiger partial charge is 0.225 e. The summed E-state index contributed by atoms with van der Waals surface area (Å²) in [5.41, 5.74) is 1.08. The number of carbonyl (C=O) groups is 2. The average molecular weight is 333 g/mol. The molecule has 1 aliphatic heterocycles. The minimum atomic E-state index is -0.175. The van der Waals surface area contributed by atoms with Gasteiger partial charge in [0.1, 0.15) is 0 Å². The first-order valence-electron chi connectivity index (χ1n) is 8.41. The Morgan fingerprint density at radius 3 is 2.57 bits per heavy atom. The van der Waals surface area contributed by atoms with Gasteiger partial charge >= 0.3 is 0 Å². The lowest BCUT2D eigenvalue weighted by Gasteiger charge is -2.20. The summed E-state index contributed by atoms with van der Waals surface area (Å²) < 4.78 is 0. The summed E-state index contributed by atoms with van der Waals surface area (Å²) in [6.07, 6.45) is 5.42. The molecule has 2 saturated carbocycles. The van der Waals surface area contributed by atoms with Crippen LogP contribution in [0.15, 0.2) is 24.3 Å². The molecule has 4 rings (SSSR count). The molecule has 1 saturated heterocycles. The predicted octanol–water partition coefficient (Wildman–Crippen LogP) is 2.54. The summed E-state index contributed by atoms with van der Waals surface area (Å²) in [4.78, 5) is 26.5. The Hall–Kier alpha value is -1.55. The minimum Gasteiger partial charge on any atom is -0.350 e. The molecule has 3 fully saturated rings. The van der Waals surface area contributed by atoms with E-state index >= 15 is 0 Å². The largest absolute Gasteiger partial charge is 0.350 e. The van der Waals surface area contributed by atoms with E-state index < -0.39 is 0 Å². The molecule has 3 aliphatic rings. The average Bonchev–Trinajstić information content (AvgIpc) is 3.44. The van der Waals surface area contributed by atoms with Crippen molar-refractivity contribution in [2.75, 3.05) is 6.54 Å². The maximum Gasteiger partial charge on any atom is 0.225 e. The molecule has 2 amide bonds. The molecule has 1 heterocycles. The number of nitrogens with one attached hydrogen (secondary N) is 1. The zero-order chi connectivity index (χ0) is 16.0. The van der Waals surface area contributed by atoms with Gasteiger partial charge in [-0.1, -0.05) is 23.7 Å². The molecule has 1 aromatic rings. The standard InChI is InChI=1S/C18H21ClN2O2/c19-14-3-1-12(2-4-14)10-18(7-8-18)20-17(23)13-9-16(22)21(11-13)15-5-6-15/h1-4,13,15H,5-11H2,(H,20,23). The Bertz CT molecular complexity index is 635. The zero-order valence-electron chi connectivity index (χ0n) is 13.1. The maximum atomic E-state index is 12.6. The van der Waals surface area contributed by atoms with Crippen molar-refractivity contribution in [3.63, 3.8) is 0 Å². The Balaban J connectivity index is 1.36. The van der Waals surface area contributed by atoms with E-state index in [1.54, 1.807) is 0 Å². The van der Waals surface area contributed by atoms with Gasteiger partial charge in [0.2, 0.25) is 11.8 Å². The van der Waals surface area contributed by atoms with Crippen LogP contribution < -0.4 is 5.32 Å². The van der Waals surface area contributed by atoms with Gasteiger partial charge in [-0.25, -0.2) is 0 Å². The van der Waals surface area contributed by atoms with Crippen LogP contribution in [0.2, 0.25) is 5.02 Å². The van der Waals surface area contributed by atoms with Gasteiger partial charge in [0.25, 0.3) is 0 Å². The van der Waals surface area contributed by atoms with E-state index in [2.05, 4.69) is 5.32 Å². The molecule has 1 aromatic carbocycles. The van der Waals surface area contributed by atoms with Crippen LogP contribution in [0.4, 0.5) is 0 Å². The molecule has 0 radical (unpaired) electrons. The minimum absolute atomic E-state index is 0.0490. The van der Waals surface area contributed by atoms with Crippen LogP contribution in [0.3, 0.4) is 0 Å². The third kappa shape index (κ3) is 3.23. The van der Waals surface area contributed by atoms with E-state index in [1.165, 1.54) is 5.56 Å². The molecule has 1 unspecified atom stereocenters. The van der Waals surface area contributed by atoms with Gasteiger partial charge < -0.3 is 10.2 Å². The van der Waals surface area contributed by atoms with Crippen molar-refractivity contribution in [2.24, 2.45) is 5.92 Å². The van der Waals surface area contributed by atoms with Gasteiger partial charge in [-0.15, -0.1) is 0 Å².